The number of carbonyl (C=O) groups is 2. The molecule has 0 fully saturated rings. The molecule has 0 spiro atoms. The number of hydrogen-bond donors (Lipinski definition) is 2. The summed E-state index contributed by atoms with van der Waals surface area (Å²) in [6, 6.07) is -0.0605. The highest BCUT2D eigenvalue weighted by Gasteiger charge is 2.40. The van der Waals surface area contributed by atoms with Crippen LogP contribution in [-0.4, -0.2) is 28.8 Å². The van der Waals surface area contributed by atoms with Crippen molar-refractivity contribution >= 4 is 12.1 Å². The summed E-state index contributed by atoms with van der Waals surface area (Å²) in [6.07, 6.45) is -1.23. The largest absolute Gasteiger partial charge is 0.481 e. The minimum absolute atomic E-state index is 0.245. The van der Waals surface area contributed by atoms with Crippen molar-refractivity contribution in [2.75, 3.05) is 0 Å². The summed E-state index contributed by atoms with van der Waals surface area (Å²) in [4.78, 5) is 24.0. The van der Waals surface area contributed by atoms with Crippen LogP contribution >= 0.6 is 0 Å². The van der Waals surface area contributed by atoms with Crippen molar-refractivity contribution in [1.29, 1.82) is 0 Å². The number of carboxylic acid groups (broad SMARTS) is 1. The minimum atomic E-state index is -1.35. The van der Waals surface area contributed by atoms with Gasteiger partial charge in [0.2, 0.25) is 0 Å². The highest BCUT2D eigenvalue weighted by Crippen LogP contribution is 2.31. The van der Waals surface area contributed by atoms with E-state index < -0.39 is 52.5 Å². The second-order valence-corrected chi connectivity index (χ2v) is 8.50. The molecule has 1 unspecified atom stereocenters. The number of benzene rings is 1. The molecule has 0 saturated carbocycles. The van der Waals surface area contributed by atoms with Crippen molar-refractivity contribution in [1.82, 2.24) is 5.32 Å². The first kappa shape index (κ1) is 22.8. The lowest BCUT2D eigenvalue weighted by Crippen LogP contribution is -2.50. The molecule has 1 aromatic rings. The molecule has 152 valence electrons. The molecule has 1 rings (SSSR count). The normalized spacial score (nSPS) is 14.4. The second kappa shape index (κ2) is 8.19. The van der Waals surface area contributed by atoms with Crippen LogP contribution in [0.1, 0.15) is 47.1 Å². The molecule has 0 saturated heterocycles. The third-order valence-corrected chi connectivity index (χ3v) is 3.83. The van der Waals surface area contributed by atoms with E-state index in [2.05, 4.69) is 5.32 Å². The van der Waals surface area contributed by atoms with Gasteiger partial charge in [0.25, 0.3) is 0 Å². The molecule has 1 aromatic carbocycles. The lowest BCUT2D eigenvalue weighted by molar-refractivity contribution is -0.146. The van der Waals surface area contributed by atoms with Gasteiger partial charge < -0.3 is 15.2 Å². The van der Waals surface area contributed by atoms with Crippen LogP contribution in [0.4, 0.5) is 18.0 Å². The van der Waals surface area contributed by atoms with Gasteiger partial charge in [-0.05, 0) is 44.2 Å². The molecule has 0 heterocycles. The van der Waals surface area contributed by atoms with E-state index in [4.69, 9.17) is 4.74 Å². The van der Waals surface area contributed by atoms with E-state index in [1.807, 2.05) is 0 Å². The Morgan fingerprint density at radius 3 is 2.00 bits per heavy atom. The number of carbonyl (C=O) groups excluding carboxylic acids is 1. The lowest BCUT2D eigenvalue weighted by atomic mass is 9.74. The van der Waals surface area contributed by atoms with E-state index in [1.165, 1.54) is 0 Å². The Kier molecular flexibility index (Phi) is 6.91. The van der Waals surface area contributed by atoms with Gasteiger partial charge in [-0.1, -0.05) is 20.8 Å². The van der Waals surface area contributed by atoms with E-state index in [1.54, 1.807) is 41.5 Å². The first-order valence-electron chi connectivity index (χ1n) is 8.47. The van der Waals surface area contributed by atoms with E-state index in [-0.39, 0.29) is 12.0 Å². The summed E-state index contributed by atoms with van der Waals surface area (Å²) in [5.41, 5.74) is -1.89. The molecular weight excluding hydrogens is 363 g/mol. The number of carboxylic acids is 1. The molecule has 1 amide bonds. The van der Waals surface area contributed by atoms with Crippen molar-refractivity contribution in [3.63, 3.8) is 0 Å². The zero-order chi connectivity index (χ0) is 21.2. The first-order valence-corrected chi connectivity index (χ1v) is 8.47. The summed E-state index contributed by atoms with van der Waals surface area (Å²) < 4.78 is 45.9. The molecule has 2 N–H and O–H groups in total. The SMILES string of the molecule is CC(C)(C)OC(=O)NC(Cc1cc(F)c(F)cc1F)[C@H](C(=O)O)C(C)(C)C. The van der Waals surface area contributed by atoms with Crippen LogP contribution in [-0.2, 0) is 16.0 Å². The average Bonchev–Trinajstić information content (AvgIpc) is 2.40. The lowest BCUT2D eigenvalue weighted by Gasteiger charge is -2.35. The van der Waals surface area contributed by atoms with Crippen molar-refractivity contribution in [2.24, 2.45) is 11.3 Å². The van der Waals surface area contributed by atoms with Gasteiger partial charge in [0.15, 0.2) is 11.6 Å². The van der Waals surface area contributed by atoms with Gasteiger partial charge in [-0.3, -0.25) is 4.79 Å². The second-order valence-electron chi connectivity index (χ2n) is 8.50. The van der Waals surface area contributed by atoms with Crippen LogP contribution in [0.3, 0.4) is 0 Å². The van der Waals surface area contributed by atoms with Crippen molar-refractivity contribution < 1.29 is 32.6 Å². The summed E-state index contributed by atoms with van der Waals surface area (Å²) in [7, 11) is 0. The van der Waals surface area contributed by atoms with Crippen LogP contribution < -0.4 is 5.32 Å². The molecule has 0 bridgehead atoms. The van der Waals surface area contributed by atoms with Gasteiger partial charge in [-0.15, -0.1) is 0 Å². The summed E-state index contributed by atoms with van der Waals surface area (Å²) in [5, 5.41) is 12.1. The fourth-order valence-electron chi connectivity index (χ4n) is 2.81. The van der Waals surface area contributed by atoms with E-state index >= 15 is 0 Å². The predicted molar refractivity (Wildman–Crippen MR) is 93.8 cm³/mol. The maximum Gasteiger partial charge on any atom is 0.407 e. The number of hydrogen-bond acceptors (Lipinski definition) is 3. The molecule has 0 aliphatic rings. The Morgan fingerprint density at radius 1 is 1.04 bits per heavy atom. The molecule has 0 aliphatic carbocycles. The molecule has 5 nitrogen and oxygen atoms in total. The van der Waals surface area contributed by atoms with Crippen molar-refractivity contribution in [2.45, 2.75) is 59.6 Å². The minimum Gasteiger partial charge on any atom is -0.481 e. The molecular formula is C19H26F3NO4. The van der Waals surface area contributed by atoms with Crippen LogP contribution in [0.25, 0.3) is 0 Å². The zero-order valence-corrected chi connectivity index (χ0v) is 16.3. The van der Waals surface area contributed by atoms with Gasteiger partial charge in [-0.25, -0.2) is 18.0 Å². The van der Waals surface area contributed by atoms with Crippen LogP contribution in [0.2, 0.25) is 0 Å². The quantitative estimate of drug-likeness (QED) is 0.737. The van der Waals surface area contributed by atoms with Gasteiger partial charge in [0.05, 0.1) is 12.0 Å². The Hall–Kier alpha value is -2.25. The maximum atomic E-state index is 14.1. The van der Waals surface area contributed by atoms with E-state index in [9.17, 15) is 27.9 Å². The topological polar surface area (TPSA) is 75.6 Å². The van der Waals surface area contributed by atoms with Crippen molar-refractivity contribution in [3.05, 3.63) is 35.1 Å². The third-order valence-electron chi connectivity index (χ3n) is 3.83. The van der Waals surface area contributed by atoms with Gasteiger partial charge >= 0.3 is 12.1 Å². The number of ether oxygens (including phenoxy) is 1. The fourth-order valence-corrected chi connectivity index (χ4v) is 2.81. The maximum absolute atomic E-state index is 14.1. The average molecular weight is 389 g/mol. The third kappa shape index (κ3) is 6.77. The monoisotopic (exact) mass is 389 g/mol. The molecule has 0 aliphatic heterocycles. The zero-order valence-electron chi connectivity index (χ0n) is 16.3. The number of nitrogens with one attached hydrogen (secondary N) is 1. The Labute approximate surface area is 156 Å². The van der Waals surface area contributed by atoms with Crippen LogP contribution in [0, 0.1) is 28.8 Å². The molecule has 2 atom stereocenters. The van der Waals surface area contributed by atoms with Gasteiger partial charge in [0, 0.05) is 6.07 Å². The standard InChI is InChI=1S/C19H26F3NO4/c1-18(2,3)15(16(24)25)14(23-17(26)27-19(4,5)6)8-10-7-12(21)13(22)9-11(10)20/h7,9,14-15H,8H2,1-6H3,(H,23,26)(H,24,25)/t14?,15-/m1/s1. The first-order chi connectivity index (χ1) is 12.1. The van der Waals surface area contributed by atoms with Gasteiger partial charge in [0.1, 0.15) is 11.4 Å². The highest BCUT2D eigenvalue weighted by molar-refractivity contribution is 5.74. The van der Waals surface area contributed by atoms with E-state index in [0.717, 1.165) is 0 Å². The Balaban J connectivity index is 3.27. The molecule has 0 radical (unpaired) electrons. The number of aliphatic carboxylic acids is 1. The number of halogens is 3. The van der Waals surface area contributed by atoms with E-state index in [0.29, 0.717) is 12.1 Å². The number of alkyl carbamates (subject to hydrolysis) is 1. The Morgan fingerprint density at radius 2 is 1.56 bits per heavy atom. The Bertz CT molecular complexity index is 708. The van der Waals surface area contributed by atoms with Crippen LogP contribution in [0.5, 0.6) is 0 Å². The number of amides is 1. The summed E-state index contributed by atoms with van der Waals surface area (Å²) in [5.74, 6) is -5.99. The van der Waals surface area contributed by atoms with Gasteiger partial charge in [-0.2, -0.15) is 0 Å². The summed E-state index contributed by atoms with van der Waals surface area (Å²) in [6.45, 7) is 9.85. The fraction of sp³-hybridized carbons (Fsp3) is 0.579. The van der Waals surface area contributed by atoms with Crippen molar-refractivity contribution in [3.8, 4) is 0 Å². The molecule has 0 aromatic heterocycles. The smallest absolute Gasteiger partial charge is 0.407 e. The predicted octanol–water partition coefficient (Wildman–Crippen LogP) is 4.29. The number of rotatable bonds is 5. The molecule has 8 heteroatoms. The molecule has 27 heavy (non-hydrogen) atoms. The van der Waals surface area contributed by atoms with Crippen LogP contribution in [0.15, 0.2) is 12.1 Å². The summed E-state index contributed by atoms with van der Waals surface area (Å²) >= 11 is 0. The highest BCUT2D eigenvalue weighted by atomic mass is 19.2.